The molecular weight excluding hydrogens is 328 g/mol. The third-order valence-corrected chi connectivity index (χ3v) is 4.60. The van der Waals surface area contributed by atoms with Gasteiger partial charge in [-0.1, -0.05) is 42.5 Å². The summed E-state index contributed by atoms with van der Waals surface area (Å²) in [7, 11) is 0. The molecule has 0 aliphatic rings. The molecule has 0 fully saturated rings. The molecule has 132 valence electrons. The highest BCUT2D eigenvalue weighted by atomic mass is 16.6. The Hall–Kier alpha value is -3.05. The fourth-order valence-corrected chi connectivity index (χ4v) is 3.40. The minimum Gasteiger partial charge on any atom is -0.396 e. The topological polar surface area (TPSA) is 76.3 Å². The smallest absolute Gasteiger partial charge is 0.269 e. The molecule has 1 heterocycles. The number of non-ortho nitro benzene ring substituents is 1. The lowest BCUT2D eigenvalue weighted by molar-refractivity contribution is -0.384. The highest BCUT2D eigenvalue weighted by molar-refractivity contribution is 5.41. The Balaban J connectivity index is 2.09. The minimum atomic E-state index is -0.395. The molecule has 0 aliphatic heterocycles. The number of hydrogen-bond donors (Lipinski definition) is 1. The van der Waals surface area contributed by atoms with Gasteiger partial charge >= 0.3 is 0 Å². The van der Waals surface area contributed by atoms with Crippen molar-refractivity contribution in [3.05, 3.63) is 106 Å². The molecule has 2 aromatic carbocycles. The van der Waals surface area contributed by atoms with Gasteiger partial charge in [-0.3, -0.25) is 15.1 Å². The van der Waals surface area contributed by atoms with E-state index >= 15 is 0 Å². The lowest BCUT2D eigenvalue weighted by Crippen LogP contribution is -2.15. The number of nitrogens with zero attached hydrogens (tertiary/aromatic N) is 2. The lowest BCUT2D eigenvalue weighted by Gasteiger charge is -2.28. The van der Waals surface area contributed by atoms with Crippen LogP contribution in [-0.4, -0.2) is 21.6 Å². The number of aliphatic hydroxyl groups is 1. The number of aliphatic hydroxyl groups excluding tert-OH is 1. The van der Waals surface area contributed by atoms with E-state index in [1.807, 2.05) is 30.3 Å². The van der Waals surface area contributed by atoms with Gasteiger partial charge in [0.2, 0.25) is 0 Å². The summed E-state index contributed by atoms with van der Waals surface area (Å²) in [6.07, 6.45) is 4.08. The van der Waals surface area contributed by atoms with Crippen molar-refractivity contribution < 1.29 is 10.0 Å². The predicted octanol–water partition coefficient (Wildman–Crippen LogP) is 4.29. The summed E-state index contributed by atoms with van der Waals surface area (Å²) in [4.78, 5) is 14.7. The third-order valence-electron chi connectivity index (χ3n) is 4.60. The number of nitro benzene ring substituents is 1. The Morgan fingerprint density at radius 2 is 1.50 bits per heavy atom. The van der Waals surface area contributed by atoms with Crippen LogP contribution in [0.5, 0.6) is 0 Å². The zero-order valence-electron chi connectivity index (χ0n) is 14.2. The molecule has 5 heteroatoms. The summed E-state index contributed by atoms with van der Waals surface area (Å²) < 4.78 is 0. The monoisotopic (exact) mass is 348 g/mol. The van der Waals surface area contributed by atoms with Gasteiger partial charge in [-0.2, -0.15) is 0 Å². The second kappa shape index (κ2) is 8.36. The summed E-state index contributed by atoms with van der Waals surface area (Å²) >= 11 is 0. The predicted molar refractivity (Wildman–Crippen MR) is 100 cm³/mol. The molecule has 0 saturated heterocycles. The van der Waals surface area contributed by atoms with Crippen molar-refractivity contribution in [2.24, 2.45) is 0 Å². The molecule has 1 N–H and O–H groups in total. The Morgan fingerprint density at radius 3 is 2.08 bits per heavy atom. The summed E-state index contributed by atoms with van der Waals surface area (Å²) in [5.41, 5.74) is 3.24. The van der Waals surface area contributed by atoms with Crippen LogP contribution in [0.1, 0.15) is 34.9 Å². The largest absolute Gasteiger partial charge is 0.396 e. The van der Waals surface area contributed by atoms with Crippen LogP contribution in [0.15, 0.2) is 79.1 Å². The van der Waals surface area contributed by atoms with Crippen molar-refractivity contribution in [3.8, 4) is 0 Å². The Bertz CT molecular complexity index is 836. The van der Waals surface area contributed by atoms with Gasteiger partial charge in [-0.15, -0.1) is 0 Å². The van der Waals surface area contributed by atoms with E-state index in [0.29, 0.717) is 6.42 Å². The van der Waals surface area contributed by atoms with Crippen LogP contribution in [0.3, 0.4) is 0 Å². The highest BCUT2D eigenvalue weighted by Crippen LogP contribution is 2.40. The van der Waals surface area contributed by atoms with Crippen LogP contribution in [0.25, 0.3) is 0 Å². The van der Waals surface area contributed by atoms with E-state index in [2.05, 4.69) is 17.1 Å². The van der Waals surface area contributed by atoms with Gasteiger partial charge in [-0.25, -0.2) is 0 Å². The molecule has 5 nitrogen and oxygen atoms in total. The number of rotatable bonds is 7. The number of hydrogen-bond acceptors (Lipinski definition) is 4. The van der Waals surface area contributed by atoms with Gasteiger partial charge in [0.05, 0.1) is 4.92 Å². The Morgan fingerprint density at radius 1 is 0.885 bits per heavy atom. The van der Waals surface area contributed by atoms with E-state index in [1.54, 1.807) is 24.5 Å². The maximum absolute atomic E-state index is 11.0. The van der Waals surface area contributed by atoms with Crippen molar-refractivity contribution in [2.75, 3.05) is 6.61 Å². The molecule has 2 atom stereocenters. The summed E-state index contributed by atoms with van der Waals surface area (Å²) in [6.45, 7) is 0.0636. The maximum atomic E-state index is 11.0. The van der Waals surface area contributed by atoms with E-state index in [0.717, 1.165) is 16.7 Å². The van der Waals surface area contributed by atoms with Crippen molar-refractivity contribution in [3.63, 3.8) is 0 Å². The molecule has 0 radical (unpaired) electrons. The quantitative estimate of drug-likeness (QED) is 0.510. The first-order valence-corrected chi connectivity index (χ1v) is 8.51. The number of pyridine rings is 1. The molecule has 0 saturated carbocycles. The number of benzene rings is 2. The van der Waals surface area contributed by atoms with E-state index < -0.39 is 4.92 Å². The van der Waals surface area contributed by atoms with E-state index in [9.17, 15) is 15.2 Å². The molecular formula is C21H20N2O3. The first kappa shape index (κ1) is 17.8. The zero-order chi connectivity index (χ0) is 18.4. The van der Waals surface area contributed by atoms with Crippen LogP contribution in [0.2, 0.25) is 0 Å². The van der Waals surface area contributed by atoms with Crippen LogP contribution >= 0.6 is 0 Å². The first-order valence-electron chi connectivity index (χ1n) is 8.51. The Kier molecular flexibility index (Phi) is 5.71. The van der Waals surface area contributed by atoms with Gasteiger partial charge < -0.3 is 5.11 Å². The van der Waals surface area contributed by atoms with Crippen LogP contribution in [0, 0.1) is 10.1 Å². The van der Waals surface area contributed by atoms with Crippen LogP contribution in [-0.2, 0) is 0 Å². The number of aromatic nitrogens is 1. The second-order valence-corrected chi connectivity index (χ2v) is 6.14. The Labute approximate surface area is 152 Å². The zero-order valence-corrected chi connectivity index (χ0v) is 14.2. The van der Waals surface area contributed by atoms with Crippen molar-refractivity contribution in [1.29, 1.82) is 0 Å². The van der Waals surface area contributed by atoms with Gasteiger partial charge in [-0.05, 0) is 41.2 Å². The molecule has 3 rings (SSSR count). The third kappa shape index (κ3) is 3.95. The fraction of sp³-hybridized carbons (Fsp3) is 0.190. The standard InChI is InChI=1S/C21H20N2O3/c24-15-12-20(16-4-2-1-3-5-16)21(18-10-13-22-14-11-18)17-6-8-19(9-7-17)23(25)26/h1-11,13-14,20-21,24H,12,15H2/t20-,21?/m0/s1. The van der Waals surface area contributed by atoms with Gasteiger partial charge in [0, 0.05) is 37.1 Å². The van der Waals surface area contributed by atoms with Crippen molar-refractivity contribution in [2.45, 2.75) is 18.3 Å². The van der Waals surface area contributed by atoms with Crippen LogP contribution in [0.4, 0.5) is 5.69 Å². The van der Waals surface area contributed by atoms with Gasteiger partial charge in [0.25, 0.3) is 5.69 Å². The first-order chi connectivity index (χ1) is 12.7. The van der Waals surface area contributed by atoms with Crippen molar-refractivity contribution >= 4 is 5.69 Å². The average Bonchev–Trinajstić information content (AvgIpc) is 2.69. The summed E-state index contributed by atoms with van der Waals surface area (Å²) in [5, 5.41) is 20.6. The average molecular weight is 348 g/mol. The van der Waals surface area contributed by atoms with Gasteiger partial charge in [0.15, 0.2) is 0 Å². The summed E-state index contributed by atoms with van der Waals surface area (Å²) in [5.74, 6) is 0.0124. The second-order valence-electron chi connectivity index (χ2n) is 6.14. The molecule has 0 spiro atoms. The SMILES string of the molecule is O=[N+]([O-])c1ccc(C(c2ccncc2)[C@@H](CCO)c2ccccc2)cc1. The number of nitro groups is 1. The molecule has 0 aliphatic carbocycles. The van der Waals surface area contributed by atoms with Gasteiger partial charge in [0.1, 0.15) is 0 Å². The lowest BCUT2D eigenvalue weighted by atomic mass is 9.76. The molecule has 1 aromatic heterocycles. The van der Waals surface area contributed by atoms with E-state index in [-0.39, 0.29) is 24.1 Å². The molecule has 0 bridgehead atoms. The molecule has 1 unspecified atom stereocenters. The van der Waals surface area contributed by atoms with E-state index in [1.165, 1.54) is 12.1 Å². The van der Waals surface area contributed by atoms with Crippen LogP contribution < -0.4 is 0 Å². The minimum absolute atomic E-state index is 0.0339. The molecule has 0 amide bonds. The molecule has 26 heavy (non-hydrogen) atoms. The normalized spacial score (nSPS) is 13.1. The van der Waals surface area contributed by atoms with Crippen molar-refractivity contribution in [1.82, 2.24) is 4.98 Å². The maximum Gasteiger partial charge on any atom is 0.269 e. The fourth-order valence-electron chi connectivity index (χ4n) is 3.40. The highest BCUT2D eigenvalue weighted by Gasteiger charge is 2.26. The molecule has 3 aromatic rings. The summed E-state index contributed by atoms with van der Waals surface area (Å²) in [6, 6.07) is 20.6. The van der Waals surface area contributed by atoms with E-state index in [4.69, 9.17) is 0 Å².